The fourth-order valence-electron chi connectivity index (χ4n) is 6.08. The van der Waals surface area contributed by atoms with Gasteiger partial charge < -0.3 is 4.90 Å². The lowest BCUT2D eigenvalue weighted by atomic mass is 9.94. The van der Waals surface area contributed by atoms with Crippen LogP contribution in [0.15, 0.2) is 164 Å². The van der Waals surface area contributed by atoms with E-state index in [1.165, 1.54) is 58.9 Å². The van der Waals surface area contributed by atoms with Crippen LogP contribution in [0.3, 0.4) is 0 Å². The summed E-state index contributed by atoms with van der Waals surface area (Å²) in [5.74, 6) is 0. The van der Waals surface area contributed by atoms with E-state index in [0.717, 1.165) is 11.4 Å². The minimum absolute atomic E-state index is 1.14. The van der Waals surface area contributed by atoms with Crippen LogP contribution in [-0.4, -0.2) is 0 Å². The third-order valence-corrected chi connectivity index (χ3v) is 9.21. The summed E-state index contributed by atoms with van der Waals surface area (Å²) in [6.45, 7) is 0. The maximum absolute atomic E-state index is 2.40. The van der Waals surface area contributed by atoms with Gasteiger partial charge in [-0.2, -0.15) is 0 Å². The normalized spacial score (nSPS) is 11.3. The van der Waals surface area contributed by atoms with Gasteiger partial charge in [-0.3, -0.25) is 0 Å². The predicted octanol–water partition coefficient (Wildman–Crippen LogP) is 12.0. The van der Waals surface area contributed by atoms with Gasteiger partial charge in [0.25, 0.3) is 0 Å². The van der Waals surface area contributed by atoms with E-state index in [4.69, 9.17) is 0 Å². The summed E-state index contributed by atoms with van der Waals surface area (Å²) in [4.78, 5) is 3.66. The Hall–Kier alpha value is -5.18. The minimum Gasteiger partial charge on any atom is -0.302 e. The van der Waals surface area contributed by atoms with Crippen molar-refractivity contribution in [1.29, 1.82) is 0 Å². The van der Waals surface area contributed by atoms with Crippen molar-refractivity contribution in [2.24, 2.45) is 0 Å². The van der Waals surface area contributed by atoms with Crippen molar-refractivity contribution in [3.8, 4) is 21.6 Å². The summed E-state index contributed by atoms with van der Waals surface area (Å²) in [5.41, 5.74) is 5.97. The van der Waals surface area contributed by atoms with Crippen molar-refractivity contribution in [1.82, 2.24) is 0 Å². The van der Waals surface area contributed by atoms with Crippen molar-refractivity contribution >= 4 is 60.0 Å². The van der Waals surface area contributed by atoms with Crippen LogP contribution in [-0.2, 0) is 0 Å². The van der Waals surface area contributed by atoms with Crippen LogP contribution in [0.2, 0.25) is 0 Å². The molecule has 8 aromatic rings. The first kappa shape index (κ1) is 24.6. The van der Waals surface area contributed by atoms with Crippen LogP contribution in [0.1, 0.15) is 0 Å². The van der Waals surface area contributed by atoms with E-state index >= 15 is 0 Å². The molecule has 0 spiro atoms. The van der Waals surface area contributed by atoms with Crippen LogP contribution in [0.25, 0.3) is 53.9 Å². The molecule has 0 fully saturated rings. The molecule has 1 nitrogen and oxygen atoms in total. The molecule has 0 N–H and O–H groups in total. The number of anilines is 3. The maximum Gasteiger partial charge on any atom is 0.101 e. The monoisotopic (exact) mass is 553 g/mol. The van der Waals surface area contributed by atoms with Crippen LogP contribution in [0.5, 0.6) is 0 Å². The topological polar surface area (TPSA) is 3.24 Å². The highest BCUT2D eigenvalue weighted by molar-refractivity contribution is 7.19. The van der Waals surface area contributed by atoms with Gasteiger partial charge >= 0.3 is 0 Å². The Morgan fingerprint density at radius 2 is 0.810 bits per heavy atom. The largest absolute Gasteiger partial charge is 0.302 e. The number of hydrogen-bond acceptors (Lipinski definition) is 2. The summed E-state index contributed by atoms with van der Waals surface area (Å²) in [7, 11) is 0. The standard InChI is InChI=1S/C40H27NS/c1-3-11-28(12-4-1)29-19-21-31(22-20-29)41(40-26-25-39(42-40)30-13-5-2-6-14-30)32-23-24-37-35-17-8-7-15-33(35)34-16-9-10-18-36(34)38(37)27-32/h1-27H. The maximum atomic E-state index is 2.40. The van der Waals surface area contributed by atoms with E-state index < -0.39 is 0 Å². The zero-order chi connectivity index (χ0) is 27.9. The number of nitrogens with zero attached hydrogens (tertiary/aromatic N) is 1. The van der Waals surface area contributed by atoms with Crippen LogP contribution >= 0.6 is 11.3 Å². The minimum atomic E-state index is 1.14. The Bertz CT molecular complexity index is 2140. The third-order valence-electron chi connectivity index (χ3n) is 8.09. The summed E-state index contributed by atoms with van der Waals surface area (Å²) in [6.07, 6.45) is 0. The highest BCUT2D eigenvalue weighted by Crippen LogP contribution is 2.44. The molecule has 0 aliphatic rings. The van der Waals surface area contributed by atoms with Crippen LogP contribution in [0, 0.1) is 0 Å². The quantitative estimate of drug-likeness (QED) is 0.192. The molecular weight excluding hydrogens is 527 g/mol. The lowest BCUT2D eigenvalue weighted by Gasteiger charge is -2.25. The van der Waals surface area contributed by atoms with Gasteiger partial charge in [-0.15, -0.1) is 11.3 Å². The molecule has 2 heteroatoms. The first-order valence-electron chi connectivity index (χ1n) is 14.3. The number of benzene rings is 7. The molecule has 42 heavy (non-hydrogen) atoms. The zero-order valence-corrected chi connectivity index (χ0v) is 23.8. The Kier molecular flexibility index (Phi) is 6.05. The van der Waals surface area contributed by atoms with Gasteiger partial charge in [0.15, 0.2) is 0 Å². The second kappa shape index (κ2) is 10.3. The van der Waals surface area contributed by atoms with Crippen molar-refractivity contribution in [3.05, 3.63) is 164 Å². The van der Waals surface area contributed by atoms with Gasteiger partial charge in [0.2, 0.25) is 0 Å². The van der Waals surface area contributed by atoms with E-state index in [-0.39, 0.29) is 0 Å². The van der Waals surface area contributed by atoms with E-state index in [1.54, 1.807) is 0 Å². The molecule has 0 aliphatic heterocycles. The summed E-state index contributed by atoms with van der Waals surface area (Å²) in [6, 6.07) is 59.2. The van der Waals surface area contributed by atoms with Crippen molar-refractivity contribution < 1.29 is 0 Å². The van der Waals surface area contributed by atoms with Gasteiger partial charge in [0.05, 0.1) is 0 Å². The molecule has 0 saturated carbocycles. The van der Waals surface area contributed by atoms with Crippen LogP contribution < -0.4 is 4.90 Å². The first-order valence-corrected chi connectivity index (χ1v) is 15.1. The van der Waals surface area contributed by atoms with Gasteiger partial charge in [-0.25, -0.2) is 0 Å². The van der Waals surface area contributed by atoms with E-state index in [0.29, 0.717) is 0 Å². The van der Waals surface area contributed by atoms with Gasteiger partial charge in [-0.05, 0) is 85.4 Å². The van der Waals surface area contributed by atoms with Crippen molar-refractivity contribution in [2.75, 3.05) is 4.90 Å². The van der Waals surface area contributed by atoms with Gasteiger partial charge in [0.1, 0.15) is 5.00 Å². The van der Waals surface area contributed by atoms with Gasteiger partial charge in [-0.1, -0.05) is 127 Å². The molecule has 0 radical (unpaired) electrons. The molecule has 0 atom stereocenters. The summed E-state index contributed by atoms with van der Waals surface area (Å²) < 4.78 is 0. The number of rotatable bonds is 5. The molecule has 0 bridgehead atoms. The predicted molar refractivity (Wildman–Crippen MR) is 182 cm³/mol. The third kappa shape index (κ3) is 4.25. The number of hydrogen-bond donors (Lipinski definition) is 0. The fraction of sp³-hybridized carbons (Fsp3) is 0. The fourth-order valence-corrected chi connectivity index (χ4v) is 7.13. The molecule has 0 unspecified atom stereocenters. The second-order valence-electron chi connectivity index (χ2n) is 10.6. The molecule has 0 saturated heterocycles. The molecule has 1 aromatic heterocycles. The Balaban J connectivity index is 1.33. The highest BCUT2D eigenvalue weighted by Gasteiger charge is 2.18. The second-order valence-corrected chi connectivity index (χ2v) is 11.6. The lowest BCUT2D eigenvalue weighted by molar-refractivity contribution is 1.32. The number of fused-ring (bicyclic) bond motifs is 6. The SMILES string of the molecule is c1ccc(-c2ccc(N(c3ccc4c5ccccc5c5ccccc5c4c3)c3ccc(-c4ccccc4)s3)cc2)cc1. The first-order chi connectivity index (χ1) is 20.8. The van der Waals surface area contributed by atoms with Crippen molar-refractivity contribution in [2.45, 2.75) is 0 Å². The van der Waals surface area contributed by atoms with Crippen LogP contribution in [0.4, 0.5) is 16.4 Å². The lowest BCUT2D eigenvalue weighted by Crippen LogP contribution is -2.08. The zero-order valence-electron chi connectivity index (χ0n) is 22.9. The van der Waals surface area contributed by atoms with Gasteiger partial charge in [0, 0.05) is 16.3 Å². The van der Waals surface area contributed by atoms with E-state index in [2.05, 4.69) is 169 Å². The molecule has 7 aromatic carbocycles. The Morgan fingerprint density at radius 1 is 0.333 bits per heavy atom. The average molecular weight is 554 g/mol. The van der Waals surface area contributed by atoms with E-state index in [9.17, 15) is 0 Å². The van der Waals surface area contributed by atoms with Crippen molar-refractivity contribution in [3.63, 3.8) is 0 Å². The molecule has 1 heterocycles. The molecule has 0 aliphatic carbocycles. The smallest absolute Gasteiger partial charge is 0.101 e. The molecule has 0 amide bonds. The summed E-state index contributed by atoms with van der Waals surface area (Å²) >= 11 is 1.82. The number of thiophene rings is 1. The average Bonchev–Trinajstić information content (AvgIpc) is 3.56. The molecule has 8 rings (SSSR count). The van der Waals surface area contributed by atoms with E-state index in [1.807, 2.05) is 11.3 Å². The Morgan fingerprint density at radius 3 is 1.43 bits per heavy atom. The highest BCUT2D eigenvalue weighted by atomic mass is 32.1. The molecule has 198 valence electrons. The Labute approximate surface area is 249 Å². The molecular formula is C40H27NS. The summed E-state index contributed by atoms with van der Waals surface area (Å²) in [5, 5.41) is 8.90.